The van der Waals surface area contributed by atoms with E-state index in [2.05, 4.69) is 5.32 Å². The van der Waals surface area contributed by atoms with Crippen LogP contribution in [0.1, 0.15) is 32.0 Å². The predicted octanol–water partition coefficient (Wildman–Crippen LogP) is 3.10. The number of esters is 1. The third-order valence-electron chi connectivity index (χ3n) is 6.00. The van der Waals surface area contributed by atoms with Crippen LogP contribution < -0.4 is 10.7 Å². The van der Waals surface area contributed by atoms with E-state index in [1.54, 1.807) is 47.0 Å². The van der Waals surface area contributed by atoms with Crippen LogP contribution in [0, 0.1) is 0 Å². The normalized spacial score (nSPS) is 11.1. The second kappa shape index (κ2) is 11.4. The van der Waals surface area contributed by atoms with Gasteiger partial charge in [-0.05, 0) is 48.0 Å². The molecule has 4 aromatic rings. The molecule has 0 radical (unpaired) electrons. The van der Waals surface area contributed by atoms with Crippen molar-refractivity contribution in [2.45, 2.75) is 12.5 Å². The minimum atomic E-state index is -0.766. The number of aliphatic hydroxyl groups is 2. The van der Waals surface area contributed by atoms with E-state index in [1.165, 1.54) is 7.11 Å². The lowest BCUT2D eigenvalue weighted by molar-refractivity contribution is 0.0589. The van der Waals surface area contributed by atoms with Crippen molar-refractivity contribution >= 4 is 34.4 Å². The number of amides is 1. The molecule has 37 heavy (non-hydrogen) atoms. The summed E-state index contributed by atoms with van der Waals surface area (Å²) in [5.74, 6) is -1.13. The van der Waals surface area contributed by atoms with Crippen LogP contribution in [0.2, 0.25) is 5.02 Å². The van der Waals surface area contributed by atoms with Gasteiger partial charge in [0.2, 0.25) is 0 Å². The standard InChI is InChI=1S/C28H25ClN2O6/c1-37-28(36)25-23(13-17-7-9-18(10-8-17)27(35)30-20(15-32)16-33)26(34)22-12-11-19(29)14-24(22)31(25)21-5-3-2-4-6-21/h2-12,14,20,32-33H,13,15-16H2,1H3,(H,30,35). The van der Waals surface area contributed by atoms with Crippen molar-refractivity contribution in [3.05, 3.63) is 110 Å². The van der Waals surface area contributed by atoms with Gasteiger partial charge in [-0.3, -0.25) is 9.59 Å². The zero-order valence-corrected chi connectivity index (χ0v) is 20.7. The van der Waals surface area contributed by atoms with E-state index < -0.39 is 31.1 Å². The van der Waals surface area contributed by atoms with Gasteiger partial charge in [-0.1, -0.05) is 41.9 Å². The van der Waals surface area contributed by atoms with E-state index in [9.17, 15) is 24.6 Å². The molecule has 8 nitrogen and oxygen atoms in total. The van der Waals surface area contributed by atoms with Crippen LogP contribution >= 0.6 is 11.6 Å². The Balaban J connectivity index is 1.85. The molecule has 0 aliphatic heterocycles. The molecule has 0 atom stereocenters. The van der Waals surface area contributed by atoms with E-state index in [-0.39, 0.29) is 23.1 Å². The molecule has 0 spiro atoms. The molecule has 0 fully saturated rings. The van der Waals surface area contributed by atoms with Crippen LogP contribution in [0.15, 0.2) is 77.6 Å². The molecule has 0 bridgehead atoms. The number of hydrogen-bond acceptors (Lipinski definition) is 6. The van der Waals surface area contributed by atoms with Gasteiger partial charge in [0.15, 0.2) is 5.43 Å². The number of fused-ring (bicyclic) bond motifs is 1. The zero-order valence-electron chi connectivity index (χ0n) is 20.0. The van der Waals surface area contributed by atoms with Crippen LogP contribution in [0.5, 0.6) is 0 Å². The van der Waals surface area contributed by atoms with Crippen LogP contribution in [-0.4, -0.2) is 53.0 Å². The number of aromatic nitrogens is 1. The molecular formula is C28H25ClN2O6. The quantitative estimate of drug-likeness (QED) is 0.307. The van der Waals surface area contributed by atoms with Crippen molar-refractivity contribution in [1.82, 2.24) is 9.88 Å². The molecule has 3 N–H and O–H groups in total. The Morgan fingerprint density at radius 1 is 1.00 bits per heavy atom. The van der Waals surface area contributed by atoms with Gasteiger partial charge in [-0.15, -0.1) is 0 Å². The van der Waals surface area contributed by atoms with Crippen molar-refractivity contribution in [2.75, 3.05) is 20.3 Å². The predicted molar refractivity (Wildman–Crippen MR) is 141 cm³/mol. The number of carbonyl (C=O) groups is 2. The minimum Gasteiger partial charge on any atom is -0.464 e. The minimum absolute atomic E-state index is 0.0871. The van der Waals surface area contributed by atoms with Crippen LogP contribution in [-0.2, 0) is 11.2 Å². The first-order chi connectivity index (χ1) is 17.9. The summed E-state index contributed by atoms with van der Waals surface area (Å²) < 4.78 is 6.77. The smallest absolute Gasteiger partial charge is 0.355 e. The summed E-state index contributed by atoms with van der Waals surface area (Å²) in [4.78, 5) is 39.1. The van der Waals surface area contributed by atoms with Gasteiger partial charge in [0.05, 0.1) is 31.9 Å². The number of nitrogens with zero attached hydrogens (tertiary/aromatic N) is 1. The highest BCUT2D eigenvalue weighted by atomic mass is 35.5. The van der Waals surface area contributed by atoms with E-state index in [4.69, 9.17) is 16.3 Å². The summed E-state index contributed by atoms with van der Waals surface area (Å²) in [5, 5.41) is 21.7. The van der Waals surface area contributed by atoms with Gasteiger partial charge in [-0.2, -0.15) is 0 Å². The third-order valence-corrected chi connectivity index (χ3v) is 6.23. The Labute approximate surface area is 217 Å². The summed E-state index contributed by atoms with van der Waals surface area (Å²) in [6.45, 7) is -0.783. The fourth-order valence-corrected chi connectivity index (χ4v) is 4.29. The number of benzene rings is 3. The Bertz CT molecular complexity index is 1500. The molecule has 4 rings (SSSR count). The maximum absolute atomic E-state index is 13.7. The summed E-state index contributed by atoms with van der Waals surface area (Å²) in [6, 6.07) is 19.8. The molecule has 0 aliphatic rings. The van der Waals surface area contributed by atoms with E-state index in [1.807, 2.05) is 30.3 Å². The number of nitrogens with one attached hydrogen (secondary N) is 1. The molecule has 0 saturated heterocycles. The first-order valence-electron chi connectivity index (χ1n) is 11.5. The fourth-order valence-electron chi connectivity index (χ4n) is 4.12. The lowest BCUT2D eigenvalue weighted by atomic mass is 9.98. The number of halogens is 1. The lowest BCUT2D eigenvalue weighted by Gasteiger charge is -2.20. The fraction of sp³-hybridized carbons (Fsp3) is 0.179. The number of ether oxygens (including phenoxy) is 1. The summed E-state index contributed by atoms with van der Waals surface area (Å²) in [7, 11) is 1.26. The van der Waals surface area contributed by atoms with Crippen LogP contribution in [0.25, 0.3) is 16.6 Å². The number of pyridine rings is 1. The average molecular weight is 521 g/mol. The zero-order chi connectivity index (χ0) is 26.5. The third kappa shape index (κ3) is 5.41. The summed E-state index contributed by atoms with van der Waals surface area (Å²) in [6.07, 6.45) is 0.104. The molecule has 1 aromatic heterocycles. The topological polar surface area (TPSA) is 118 Å². The highest BCUT2D eigenvalue weighted by molar-refractivity contribution is 6.31. The molecule has 0 unspecified atom stereocenters. The summed E-state index contributed by atoms with van der Waals surface area (Å²) >= 11 is 6.26. The molecule has 9 heteroatoms. The highest BCUT2D eigenvalue weighted by Crippen LogP contribution is 2.26. The number of hydrogen-bond donors (Lipinski definition) is 3. The van der Waals surface area contributed by atoms with Crippen molar-refractivity contribution in [2.24, 2.45) is 0 Å². The van der Waals surface area contributed by atoms with E-state index in [0.717, 1.165) is 0 Å². The SMILES string of the molecule is COC(=O)c1c(Cc2ccc(C(=O)NC(CO)CO)cc2)c(=O)c2ccc(Cl)cc2n1-c1ccccc1. The average Bonchev–Trinajstić information content (AvgIpc) is 2.93. The van der Waals surface area contributed by atoms with E-state index >= 15 is 0 Å². The monoisotopic (exact) mass is 520 g/mol. The number of para-hydroxylation sites is 1. The molecule has 190 valence electrons. The van der Waals surface area contributed by atoms with Crippen LogP contribution in [0.4, 0.5) is 0 Å². The van der Waals surface area contributed by atoms with Crippen molar-refractivity contribution < 1.29 is 24.5 Å². The maximum Gasteiger partial charge on any atom is 0.355 e. The number of rotatable bonds is 8. The van der Waals surface area contributed by atoms with Gasteiger partial charge < -0.3 is 24.8 Å². The first-order valence-corrected chi connectivity index (χ1v) is 11.9. The van der Waals surface area contributed by atoms with Crippen molar-refractivity contribution in [3.8, 4) is 5.69 Å². The largest absolute Gasteiger partial charge is 0.464 e. The number of carbonyl (C=O) groups excluding carboxylic acids is 2. The summed E-state index contributed by atoms with van der Waals surface area (Å²) in [5.41, 5.74) is 2.14. The molecule has 0 aliphatic carbocycles. The Hall–Kier alpha value is -3.98. The Morgan fingerprint density at radius 3 is 2.30 bits per heavy atom. The second-order valence-electron chi connectivity index (χ2n) is 8.39. The van der Waals surface area contributed by atoms with Gasteiger partial charge in [0.1, 0.15) is 5.69 Å². The van der Waals surface area contributed by atoms with Crippen molar-refractivity contribution in [1.29, 1.82) is 0 Å². The molecule has 1 heterocycles. The first kappa shape index (κ1) is 26.1. The Morgan fingerprint density at radius 2 is 1.68 bits per heavy atom. The molecular weight excluding hydrogens is 496 g/mol. The van der Waals surface area contributed by atoms with Crippen molar-refractivity contribution in [3.63, 3.8) is 0 Å². The second-order valence-corrected chi connectivity index (χ2v) is 8.83. The number of methoxy groups -OCH3 is 1. The van der Waals surface area contributed by atoms with Crippen LogP contribution in [0.3, 0.4) is 0 Å². The highest BCUT2D eigenvalue weighted by Gasteiger charge is 2.24. The van der Waals surface area contributed by atoms with Gasteiger partial charge in [-0.25, -0.2) is 4.79 Å². The van der Waals surface area contributed by atoms with Gasteiger partial charge in [0, 0.05) is 33.6 Å². The molecule has 0 saturated carbocycles. The molecule has 3 aromatic carbocycles. The maximum atomic E-state index is 13.7. The molecule has 1 amide bonds. The Kier molecular flexibility index (Phi) is 8.03. The van der Waals surface area contributed by atoms with Gasteiger partial charge >= 0.3 is 5.97 Å². The number of aliphatic hydroxyl groups excluding tert-OH is 2. The lowest BCUT2D eigenvalue weighted by Crippen LogP contribution is -2.40. The van der Waals surface area contributed by atoms with Gasteiger partial charge in [0.25, 0.3) is 5.91 Å². The van der Waals surface area contributed by atoms with E-state index in [0.29, 0.717) is 32.7 Å².